The van der Waals surface area contributed by atoms with E-state index in [9.17, 15) is 0 Å². The molecule has 0 aromatic carbocycles. The third-order valence-electron chi connectivity index (χ3n) is 2.46. The molecule has 2 heterocycles. The van der Waals surface area contributed by atoms with E-state index in [1.807, 2.05) is 12.3 Å². The smallest absolute Gasteiger partial charge is 0.189 e. The summed E-state index contributed by atoms with van der Waals surface area (Å²) in [6.07, 6.45) is 6.24. The first-order chi connectivity index (χ1) is 7.38. The zero-order valence-corrected chi connectivity index (χ0v) is 10.9. The average Bonchev–Trinajstić information content (AvgIpc) is 2.31. The van der Waals surface area contributed by atoms with Crippen LogP contribution in [0.25, 0.3) is 0 Å². The number of aromatic nitrogens is 2. The van der Waals surface area contributed by atoms with E-state index in [0.29, 0.717) is 6.04 Å². The molecule has 1 atom stereocenters. The Morgan fingerprint density at radius 2 is 2.44 bits per heavy atom. The van der Waals surface area contributed by atoms with Crippen molar-refractivity contribution in [1.29, 1.82) is 0 Å². The molecule has 0 amide bonds. The van der Waals surface area contributed by atoms with Crippen LogP contribution in [0.2, 0.25) is 0 Å². The largest absolute Gasteiger partial charge is 0.366 e. The lowest BCUT2D eigenvalue weighted by molar-refractivity contribution is 0.478. The Morgan fingerprint density at radius 3 is 3.12 bits per heavy atom. The number of piperidine rings is 1. The summed E-state index contributed by atoms with van der Waals surface area (Å²) in [6, 6.07) is 2.43. The summed E-state index contributed by atoms with van der Waals surface area (Å²) < 4.78 is 0. The minimum atomic E-state index is 0. The van der Waals surface area contributed by atoms with E-state index in [4.69, 9.17) is 0 Å². The highest BCUT2D eigenvalue weighted by atomic mass is 35.5. The molecular formula is C10H17ClN4S. The van der Waals surface area contributed by atoms with Crippen molar-refractivity contribution >= 4 is 30.0 Å². The van der Waals surface area contributed by atoms with Gasteiger partial charge in [0.25, 0.3) is 0 Å². The van der Waals surface area contributed by atoms with Crippen molar-refractivity contribution in [3.63, 3.8) is 0 Å². The third kappa shape index (κ3) is 3.81. The molecule has 2 N–H and O–H groups in total. The average molecular weight is 261 g/mol. The van der Waals surface area contributed by atoms with Crippen LogP contribution in [0.1, 0.15) is 12.8 Å². The molecule has 1 saturated heterocycles. The van der Waals surface area contributed by atoms with Crippen molar-refractivity contribution < 1.29 is 0 Å². The number of anilines is 1. The van der Waals surface area contributed by atoms with Gasteiger partial charge in [0.2, 0.25) is 0 Å². The summed E-state index contributed by atoms with van der Waals surface area (Å²) in [5, 5.41) is 7.62. The Balaban J connectivity index is 0.00000128. The fraction of sp³-hybridized carbons (Fsp3) is 0.600. The van der Waals surface area contributed by atoms with Crippen molar-refractivity contribution in [2.45, 2.75) is 24.0 Å². The highest BCUT2D eigenvalue weighted by molar-refractivity contribution is 7.98. The molecule has 0 bridgehead atoms. The van der Waals surface area contributed by atoms with Gasteiger partial charge in [-0.15, -0.1) is 12.4 Å². The zero-order valence-electron chi connectivity index (χ0n) is 9.27. The molecule has 1 aromatic rings. The van der Waals surface area contributed by atoms with Crippen LogP contribution in [0.15, 0.2) is 17.4 Å². The summed E-state index contributed by atoms with van der Waals surface area (Å²) in [5.74, 6) is 0.933. The normalized spacial score (nSPS) is 19.9. The van der Waals surface area contributed by atoms with Crippen molar-refractivity contribution in [3.8, 4) is 0 Å². The summed E-state index contributed by atoms with van der Waals surface area (Å²) in [6.45, 7) is 2.16. The van der Waals surface area contributed by atoms with Crippen LogP contribution >= 0.6 is 24.2 Å². The van der Waals surface area contributed by atoms with Gasteiger partial charge in [0.1, 0.15) is 5.82 Å². The topological polar surface area (TPSA) is 49.8 Å². The number of rotatable bonds is 3. The lowest BCUT2D eigenvalue weighted by Crippen LogP contribution is -2.38. The fourth-order valence-electron chi connectivity index (χ4n) is 1.70. The lowest BCUT2D eigenvalue weighted by Gasteiger charge is -2.24. The molecule has 6 heteroatoms. The van der Waals surface area contributed by atoms with Crippen LogP contribution in [0.5, 0.6) is 0 Å². The predicted octanol–water partition coefficient (Wildman–Crippen LogP) is 1.78. The minimum Gasteiger partial charge on any atom is -0.366 e. The maximum Gasteiger partial charge on any atom is 0.189 e. The van der Waals surface area contributed by atoms with Gasteiger partial charge < -0.3 is 10.6 Å². The third-order valence-corrected chi connectivity index (χ3v) is 3.03. The summed E-state index contributed by atoms with van der Waals surface area (Å²) >= 11 is 1.57. The monoisotopic (exact) mass is 260 g/mol. The molecule has 0 radical (unpaired) electrons. The number of hydrogen-bond donors (Lipinski definition) is 2. The second kappa shape index (κ2) is 6.93. The van der Waals surface area contributed by atoms with Gasteiger partial charge in [-0.2, -0.15) is 0 Å². The molecule has 1 aliphatic rings. The quantitative estimate of drug-likeness (QED) is 0.641. The Hall–Kier alpha value is -0.520. The molecule has 2 rings (SSSR count). The van der Waals surface area contributed by atoms with Gasteiger partial charge in [-0.25, -0.2) is 9.97 Å². The number of thioether (sulfide) groups is 1. The van der Waals surface area contributed by atoms with Gasteiger partial charge in [0, 0.05) is 18.8 Å². The van der Waals surface area contributed by atoms with Crippen molar-refractivity contribution in [3.05, 3.63) is 12.3 Å². The van der Waals surface area contributed by atoms with Gasteiger partial charge in [-0.05, 0) is 31.7 Å². The predicted molar refractivity (Wildman–Crippen MR) is 70.6 cm³/mol. The molecule has 1 aromatic heterocycles. The molecule has 90 valence electrons. The standard InChI is InChI=1S/C10H16N4S.ClH/c1-15-10-12-6-4-9(14-10)13-8-3-2-5-11-7-8;/h4,6,8,11H,2-3,5,7H2,1H3,(H,12,13,14);1H/t8-;/m1./s1. The Kier molecular flexibility index (Phi) is 5.87. The van der Waals surface area contributed by atoms with E-state index in [1.54, 1.807) is 18.0 Å². The number of nitrogens with zero attached hydrogens (tertiary/aromatic N) is 2. The van der Waals surface area contributed by atoms with Crippen molar-refractivity contribution in [2.24, 2.45) is 0 Å². The molecule has 0 aliphatic carbocycles. The summed E-state index contributed by atoms with van der Waals surface area (Å²) in [7, 11) is 0. The van der Waals surface area contributed by atoms with E-state index in [0.717, 1.165) is 24.1 Å². The second-order valence-electron chi connectivity index (χ2n) is 3.62. The maximum atomic E-state index is 4.40. The van der Waals surface area contributed by atoms with Crippen LogP contribution < -0.4 is 10.6 Å². The van der Waals surface area contributed by atoms with Crippen LogP contribution in [-0.2, 0) is 0 Å². The van der Waals surface area contributed by atoms with Crippen LogP contribution in [0.3, 0.4) is 0 Å². The molecule has 4 nitrogen and oxygen atoms in total. The Labute approximate surface area is 106 Å². The van der Waals surface area contributed by atoms with Crippen LogP contribution in [-0.4, -0.2) is 35.4 Å². The highest BCUT2D eigenvalue weighted by Gasteiger charge is 2.12. The lowest BCUT2D eigenvalue weighted by atomic mass is 10.1. The number of nitrogens with one attached hydrogen (secondary N) is 2. The molecular weight excluding hydrogens is 244 g/mol. The molecule has 16 heavy (non-hydrogen) atoms. The SMILES string of the molecule is CSc1nccc(N[C@@H]2CCCNC2)n1.Cl. The zero-order chi connectivity index (χ0) is 10.5. The first-order valence-corrected chi connectivity index (χ1v) is 6.45. The highest BCUT2D eigenvalue weighted by Crippen LogP contribution is 2.13. The number of hydrogen-bond acceptors (Lipinski definition) is 5. The molecule has 1 aliphatic heterocycles. The second-order valence-corrected chi connectivity index (χ2v) is 4.39. The van der Waals surface area contributed by atoms with Gasteiger partial charge in [0.05, 0.1) is 0 Å². The summed E-state index contributed by atoms with van der Waals surface area (Å²) in [4.78, 5) is 8.55. The van der Waals surface area contributed by atoms with E-state index < -0.39 is 0 Å². The van der Waals surface area contributed by atoms with Crippen molar-refractivity contribution in [1.82, 2.24) is 15.3 Å². The number of halogens is 1. The minimum absolute atomic E-state index is 0. The molecule has 0 unspecified atom stereocenters. The van der Waals surface area contributed by atoms with E-state index in [2.05, 4.69) is 20.6 Å². The summed E-state index contributed by atoms with van der Waals surface area (Å²) in [5.41, 5.74) is 0. The maximum absolute atomic E-state index is 4.40. The molecule has 0 spiro atoms. The first-order valence-electron chi connectivity index (χ1n) is 5.23. The van der Waals surface area contributed by atoms with Gasteiger partial charge >= 0.3 is 0 Å². The van der Waals surface area contributed by atoms with Gasteiger partial charge in [-0.1, -0.05) is 11.8 Å². The van der Waals surface area contributed by atoms with Gasteiger partial charge in [0.15, 0.2) is 5.16 Å². The van der Waals surface area contributed by atoms with Crippen molar-refractivity contribution in [2.75, 3.05) is 24.7 Å². The van der Waals surface area contributed by atoms with Crippen LogP contribution in [0, 0.1) is 0 Å². The van der Waals surface area contributed by atoms with Gasteiger partial charge in [-0.3, -0.25) is 0 Å². The molecule has 1 fully saturated rings. The Bertz CT molecular complexity index is 317. The van der Waals surface area contributed by atoms with E-state index in [1.165, 1.54) is 12.8 Å². The van der Waals surface area contributed by atoms with E-state index >= 15 is 0 Å². The fourth-order valence-corrected chi connectivity index (χ4v) is 2.06. The molecule has 0 saturated carbocycles. The van der Waals surface area contributed by atoms with Crippen LogP contribution in [0.4, 0.5) is 5.82 Å². The first kappa shape index (κ1) is 13.5. The van der Waals surface area contributed by atoms with E-state index in [-0.39, 0.29) is 12.4 Å². The Morgan fingerprint density at radius 1 is 1.56 bits per heavy atom.